The molecule has 2 N–H and O–H groups in total. The summed E-state index contributed by atoms with van der Waals surface area (Å²) < 4.78 is 19.4. The average molecular weight is 310 g/mol. The van der Waals surface area contributed by atoms with Crippen molar-refractivity contribution in [1.82, 2.24) is 0 Å². The van der Waals surface area contributed by atoms with Gasteiger partial charge in [-0.3, -0.25) is 0 Å². The first-order valence-electron chi connectivity index (χ1n) is 5.55. The summed E-state index contributed by atoms with van der Waals surface area (Å²) in [7, 11) is 0. The van der Waals surface area contributed by atoms with Crippen LogP contribution < -0.4 is 10.5 Å². The highest BCUT2D eigenvalue weighted by Gasteiger charge is 2.03. The van der Waals surface area contributed by atoms with Crippen LogP contribution in [0.2, 0.25) is 0 Å². The fraction of sp³-hybridized carbons (Fsp3) is 0.143. The molecule has 0 spiro atoms. The molecule has 0 aliphatic heterocycles. The zero-order valence-electron chi connectivity index (χ0n) is 9.70. The van der Waals surface area contributed by atoms with Gasteiger partial charge in [0.15, 0.2) is 0 Å². The highest BCUT2D eigenvalue weighted by Crippen LogP contribution is 2.26. The van der Waals surface area contributed by atoms with E-state index in [1.54, 1.807) is 6.07 Å². The van der Waals surface area contributed by atoms with E-state index in [0.29, 0.717) is 18.9 Å². The summed E-state index contributed by atoms with van der Waals surface area (Å²) in [5.41, 5.74) is 7.63. The van der Waals surface area contributed by atoms with Crippen molar-refractivity contribution >= 4 is 15.9 Å². The number of ether oxygens (including phenoxy) is 1. The lowest BCUT2D eigenvalue weighted by atomic mass is 10.1. The van der Waals surface area contributed by atoms with E-state index in [2.05, 4.69) is 15.9 Å². The predicted molar refractivity (Wildman–Crippen MR) is 72.8 cm³/mol. The lowest BCUT2D eigenvalue weighted by Gasteiger charge is -2.09. The Kier molecular flexibility index (Phi) is 4.33. The molecule has 2 aromatic rings. The molecule has 0 radical (unpaired) electrons. The molecule has 94 valence electrons. The summed E-state index contributed by atoms with van der Waals surface area (Å²) in [6.07, 6.45) is 0. The minimum Gasteiger partial charge on any atom is -0.488 e. The van der Waals surface area contributed by atoms with Crippen molar-refractivity contribution in [3.05, 3.63) is 63.9 Å². The average Bonchev–Trinajstić information content (AvgIpc) is 2.40. The number of hydrogen-bond donors (Lipinski definition) is 1. The lowest BCUT2D eigenvalue weighted by Crippen LogP contribution is -2.00. The van der Waals surface area contributed by atoms with E-state index in [9.17, 15) is 4.39 Å². The first-order chi connectivity index (χ1) is 8.69. The van der Waals surface area contributed by atoms with Gasteiger partial charge in [0.2, 0.25) is 0 Å². The summed E-state index contributed by atoms with van der Waals surface area (Å²) in [6.45, 7) is 0.882. The van der Waals surface area contributed by atoms with Crippen LogP contribution in [0.5, 0.6) is 5.75 Å². The molecule has 0 saturated carbocycles. The van der Waals surface area contributed by atoms with Gasteiger partial charge in [0, 0.05) is 12.6 Å². The molecule has 0 bridgehead atoms. The summed E-state index contributed by atoms with van der Waals surface area (Å²) in [5, 5.41) is 0. The van der Waals surface area contributed by atoms with E-state index in [1.165, 1.54) is 12.1 Å². The molecule has 2 rings (SSSR count). The van der Waals surface area contributed by atoms with Gasteiger partial charge in [0.1, 0.15) is 18.2 Å². The third-order valence-electron chi connectivity index (χ3n) is 2.51. The Hall–Kier alpha value is -1.39. The molecule has 18 heavy (non-hydrogen) atoms. The van der Waals surface area contributed by atoms with Crippen LogP contribution in [0.4, 0.5) is 4.39 Å². The van der Waals surface area contributed by atoms with Gasteiger partial charge in [-0.05, 0) is 39.2 Å². The highest BCUT2D eigenvalue weighted by molar-refractivity contribution is 9.10. The topological polar surface area (TPSA) is 35.2 Å². The molecule has 0 saturated heterocycles. The third kappa shape index (κ3) is 3.31. The molecule has 4 heteroatoms. The number of halogens is 2. The molecule has 2 nitrogen and oxygen atoms in total. The maximum Gasteiger partial charge on any atom is 0.136 e. The summed E-state index contributed by atoms with van der Waals surface area (Å²) in [6, 6.07) is 12.2. The van der Waals surface area contributed by atoms with E-state index >= 15 is 0 Å². The molecule has 0 aliphatic carbocycles. The smallest absolute Gasteiger partial charge is 0.136 e. The normalized spacial score (nSPS) is 10.4. The molecule has 0 atom stereocenters. The Morgan fingerprint density at radius 1 is 1.11 bits per heavy atom. The second-order valence-electron chi connectivity index (χ2n) is 3.89. The number of hydrogen-bond acceptors (Lipinski definition) is 2. The Morgan fingerprint density at radius 3 is 2.67 bits per heavy atom. The van der Waals surface area contributed by atoms with Gasteiger partial charge in [-0.1, -0.05) is 24.3 Å². The van der Waals surface area contributed by atoms with Crippen molar-refractivity contribution in [1.29, 1.82) is 0 Å². The lowest BCUT2D eigenvalue weighted by molar-refractivity contribution is 0.302. The van der Waals surface area contributed by atoms with Crippen LogP contribution in [-0.2, 0) is 13.2 Å². The number of nitrogens with two attached hydrogens (primary N) is 1. The zero-order valence-corrected chi connectivity index (χ0v) is 11.3. The quantitative estimate of drug-likeness (QED) is 0.936. The van der Waals surface area contributed by atoms with Crippen LogP contribution in [-0.4, -0.2) is 0 Å². The first kappa shape index (κ1) is 13.1. The summed E-state index contributed by atoms with van der Waals surface area (Å²) in [4.78, 5) is 0. The second-order valence-corrected chi connectivity index (χ2v) is 4.74. The van der Waals surface area contributed by atoms with Crippen LogP contribution in [0.1, 0.15) is 11.1 Å². The summed E-state index contributed by atoms with van der Waals surface area (Å²) >= 11 is 3.32. The first-order valence-corrected chi connectivity index (χ1v) is 6.34. The van der Waals surface area contributed by atoms with Crippen LogP contribution >= 0.6 is 15.9 Å². The zero-order chi connectivity index (χ0) is 13.0. The Morgan fingerprint density at radius 2 is 1.89 bits per heavy atom. The minimum absolute atomic E-state index is 0.316. The molecular formula is C14H13BrFNO. The molecular weight excluding hydrogens is 297 g/mol. The van der Waals surface area contributed by atoms with Gasteiger partial charge < -0.3 is 10.5 Å². The second kappa shape index (κ2) is 5.98. The van der Waals surface area contributed by atoms with E-state index in [4.69, 9.17) is 10.5 Å². The van der Waals surface area contributed by atoms with Gasteiger partial charge in [0.05, 0.1) is 4.47 Å². The standard InChI is InChI=1S/C14H13BrFNO/c15-13-5-4-12(16)7-14(13)18-9-11-3-1-2-10(6-11)8-17/h1-7H,8-9,17H2. The van der Waals surface area contributed by atoms with Crippen molar-refractivity contribution in [2.45, 2.75) is 13.2 Å². The third-order valence-corrected chi connectivity index (χ3v) is 3.17. The maximum absolute atomic E-state index is 13.1. The van der Waals surface area contributed by atoms with Crippen molar-refractivity contribution < 1.29 is 9.13 Å². The van der Waals surface area contributed by atoms with Gasteiger partial charge >= 0.3 is 0 Å². The molecule has 0 fully saturated rings. The van der Waals surface area contributed by atoms with Crippen molar-refractivity contribution in [2.75, 3.05) is 0 Å². The maximum atomic E-state index is 13.1. The van der Waals surface area contributed by atoms with Crippen LogP contribution in [0.25, 0.3) is 0 Å². The van der Waals surface area contributed by atoms with Gasteiger partial charge in [-0.15, -0.1) is 0 Å². The highest BCUT2D eigenvalue weighted by atomic mass is 79.9. The molecule has 0 heterocycles. The largest absolute Gasteiger partial charge is 0.488 e. The molecule has 0 unspecified atom stereocenters. The molecule has 0 aromatic heterocycles. The SMILES string of the molecule is NCc1cccc(COc2cc(F)ccc2Br)c1. The van der Waals surface area contributed by atoms with E-state index in [0.717, 1.165) is 15.6 Å². The van der Waals surface area contributed by atoms with Crippen molar-refractivity contribution in [2.24, 2.45) is 5.73 Å². The van der Waals surface area contributed by atoms with E-state index in [-0.39, 0.29) is 5.82 Å². The van der Waals surface area contributed by atoms with Crippen LogP contribution in [0.3, 0.4) is 0 Å². The van der Waals surface area contributed by atoms with Crippen LogP contribution in [0, 0.1) is 5.82 Å². The molecule has 0 amide bonds. The number of rotatable bonds is 4. The monoisotopic (exact) mass is 309 g/mol. The Balaban J connectivity index is 2.08. The van der Waals surface area contributed by atoms with Crippen molar-refractivity contribution in [3.63, 3.8) is 0 Å². The van der Waals surface area contributed by atoms with E-state index < -0.39 is 0 Å². The van der Waals surface area contributed by atoms with Gasteiger partial charge in [0.25, 0.3) is 0 Å². The van der Waals surface area contributed by atoms with Gasteiger partial charge in [-0.25, -0.2) is 4.39 Å². The van der Waals surface area contributed by atoms with Gasteiger partial charge in [-0.2, -0.15) is 0 Å². The minimum atomic E-state index is -0.316. The van der Waals surface area contributed by atoms with Crippen molar-refractivity contribution in [3.8, 4) is 5.75 Å². The fourth-order valence-corrected chi connectivity index (χ4v) is 1.96. The van der Waals surface area contributed by atoms with Crippen LogP contribution in [0.15, 0.2) is 46.9 Å². The Labute approximate surface area is 114 Å². The Bertz CT molecular complexity index is 545. The number of benzene rings is 2. The predicted octanol–water partition coefficient (Wildman–Crippen LogP) is 3.63. The molecule has 2 aromatic carbocycles. The fourth-order valence-electron chi connectivity index (χ4n) is 1.60. The molecule has 0 aliphatic rings. The van der Waals surface area contributed by atoms with E-state index in [1.807, 2.05) is 24.3 Å². The summed E-state index contributed by atoms with van der Waals surface area (Å²) in [5.74, 6) is 0.178.